The van der Waals surface area contributed by atoms with Gasteiger partial charge in [-0.1, -0.05) is 48.0 Å². The summed E-state index contributed by atoms with van der Waals surface area (Å²) in [5.41, 5.74) is 5.01. The van der Waals surface area contributed by atoms with E-state index in [-0.39, 0.29) is 5.75 Å². The number of aryl methyl sites for hydroxylation is 3. The molecule has 2 nitrogen and oxygen atoms in total. The maximum absolute atomic E-state index is 13.0. The molecule has 0 bridgehead atoms. The number of hydrogen-bond donors (Lipinski definition) is 0. The quantitative estimate of drug-likeness (QED) is 0.834. The van der Waals surface area contributed by atoms with E-state index in [4.69, 9.17) is 0 Å². The summed E-state index contributed by atoms with van der Waals surface area (Å²) in [6, 6.07) is 13.5. The zero-order valence-electron chi connectivity index (χ0n) is 14.0. The highest BCUT2D eigenvalue weighted by atomic mass is 32.2. The van der Waals surface area contributed by atoms with E-state index in [1.165, 1.54) is 5.56 Å². The Morgan fingerprint density at radius 2 is 1.41 bits per heavy atom. The van der Waals surface area contributed by atoms with E-state index in [0.29, 0.717) is 0 Å². The van der Waals surface area contributed by atoms with Gasteiger partial charge in [-0.15, -0.1) is 0 Å². The molecule has 3 heteroatoms. The van der Waals surface area contributed by atoms with E-state index in [0.717, 1.165) is 22.3 Å². The topological polar surface area (TPSA) is 34.1 Å². The first-order valence-electron chi connectivity index (χ1n) is 7.50. The van der Waals surface area contributed by atoms with Gasteiger partial charge >= 0.3 is 0 Å². The third-order valence-corrected chi connectivity index (χ3v) is 6.88. The first-order chi connectivity index (χ1) is 10.1. The minimum absolute atomic E-state index is 0.0762. The zero-order valence-corrected chi connectivity index (χ0v) is 14.8. The van der Waals surface area contributed by atoms with Crippen molar-refractivity contribution in [1.29, 1.82) is 0 Å². The molecule has 118 valence electrons. The molecule has 0 aromatic heterocycles. The van der Waals surface area contributed by atoms with Crippen molar-refractivity contribution in [2.45, 2.75) is 45.1 Å². The molecule has 0 atom stereocenters. The van der Waals surface area contributed by atoms with E-state index in [1.807, 2.05) is 63.2 Å². The molecule has 0 heterocycles. The van der Waals surface area contributed by atoms with Gasteiger partial charge in [0.15, 0.2) is 9.84 Å². The summed E-state index contributed by atoms with van der Waals surface area (Å²) in [4.78, 5) is 0. The molecule has 0 saturated heterocycles. The summed E-state index contributed by atoms with van der Waals surface area (Å²) in [5, 5.41) is 0. The van der Waals surface area contributed by atoms with E-state index >= 15 is 0 Å². The van der Waals surface area contributed by atoms with Crippen LogP contribution in [0.3, 0.4) is 0 Å². The number of sulfone groups is 1. The predicted molar refractivity (Wildman–Crippen MR) is 92.7 cm³/mol. The monoisotopic (exact) mass is 316 g/mol. The molecule has 0 fully saturated rings. The lowest BCUT2D eigenvalue weighted by atomic mass is 10.0. The Hall–Kier alpha value is -1.61. The highest BCUT2D eigenvalue weighted by Crippen LogP contribution is 2.33. The molecule has 0 spiro atoms. The Balaban J connectivity index is 2.45. The Morgan fingerprint density at radius 1 is 0.909 bits per heavy atom. The Bertz CT molecular complexity index is 749. The van der Waals surface area contributed by atoms with Crippen molar-refractivity contribution in [2.75, 3.05) is 0 Å². The molecule has 0 amide bonds. The van der Waals surface area contributed by atoms with Gasteiger partial charge in [0, 0.05) is 0 Å². The fourth-order valence-electron chi connectivity index (χ4n) is 2.83. The minimum atomic E-state index is -3.32. The van der Waals surface area contributed by atoms with Crippen LogP contribution in [0.2, 0.25) is 0 Å². The normalized spacial score (nSPS) is 12.4. The summed E-state index contributed by atoms with van der Waals surface area (Å²) in [5.74, 6) is 0.0762. The van der Waals surface area contributed by atoms with Crippen molar-refractivity contribution in [2.24, 2.45) is 0 Å². The largest absolute Gasteiger partial charge is 0.228 e. The van der Waals surface area contributed by atoms with Gasteiger partial charge < -0.3 is 0 Å². The lowest BCUT2D eigenvalue weighted by molar-refractivity contribution is 0.553. The fraction of sp³-hybridized carbons (Fsp3) is 0.368. The molecule has 0 unspecified atom stereocenters. The van der Waals surface area contributed by atoms with Crippen molar-refractivity contribution in [3.8, 4) is 0 Å². The maximum Gasteiger partial charge on any atom is 0.163 e. The molecule has 0 aliphatic heterocycles. The smallest absolute Gasteiger partial charge is 0.163 e. The van der Waals surface area contributed by atoms with Gasteiger partial charge in [-0.3, -0.25) is 0 Å². The van der Waals surface area contributed by atoms with Crippen LogP contribution >= 0.6 is 0 Å². The van der Waals surface area contributed by atoms with Crippen molar-refractivity contribution in [3.63, 3.8) is 0 Å². The summed E-state index contributed by atoms with van der Waals surface area (Å²) in [6.07, 6.45) is 0. The molecule has 0 saturated carbocycles. The van der Waals surface area contributed by atoms with Crippen molar-refractivity contribution < 1.29 is 8.42 Å². The van der Waals surface area contributed by atoms with Crippen molar-refractivity contribution in [3.05, 3.63) is 70.3 Å². The SMILES string of the molecule is Cc1cc(C)c(CS(=O)(=O)C(C)(C)c2ccccc2)c(C)c1. The molecule has 0 aliphatic rings. The average Bonchev–Trinajstić information content (AvgIpc) is 2.43. The van der Waals surface area contributed by atoms with Gasteiger partial charge in [0.1, 0.15) is 0 Å². The van der Waals surface area contributed by atoms with Crippen molar-refractivity contribution >= 4 is 9.84 Å². The van der Waals surface area contributed by atoms with E-state index in [2.05, 4.69) is 0 Å². The van der Waals surface area contributed by atoms with Crippen LogP contribution in [0, 0.1) is 20.8 Å². The molecule has 22 heavy (non-hydrogen) atoms. The van der Waals surface area contributed by atoms with Crippen LogP contribution in [0.4, 0.5) is 0 Å². The van der Waals surface area contributed by atoms with Crippen molar-refractivity contribution in [1.82, 2.24) is 0 Å². The Labute approximate surface area is 134 Å². The number of hydrogen-bond acceptors (Lipinski definition) is 2. The van der Waals surface area contributed by atoms with Gasteiger partial charge in [0.05, 0.1) is 10.5 Å². The summed E-state index contributed by atoms with van der Waals surface area (Å²) >= 11 is 0. The molecular weight excluding hydrogens is 292 g/mol. The fourth-order valence-corrected chi connectivity index (χ4v) is 4.52. The van der Waals surface area contributed by atoms with Crippen LogP contribution in [0.25, 0.3) is 0 Å². The molecule has 0 aliphatic carbocycles. The van der Waals surface area contributed by atoms with Gasteiger partial charge in [0.2, 0.25) is 0 Å². The van der Waals surface area contributed by atoms with Crippen LogP contribution < -0.4 is 0 Å². The second-order valence-corrected chi connectivity index (χ2v) is 9.05. The lowest BCUT2D eigenvalue weighted by Crippen LogP contribution is -2.30. The van der Waals surface area contributed by atoms with Gasteiger partial charge in [0.25, 0.3) is 0 Å². The third-order valence-electron chi connectivity index (χ3n) is 4.42. The standard InChI is InChI=1S/C19H24O2S/c1-14-11-15(2)18(16(3)12-14)13-22(20,21)19(4,5)17-9-7-6-8-10-17/h6-12H,13H2,1-5H3. The zero-order chi connectivity index (χ0) is 16.5. The van der Waals surface area contributed by atoms with E-state index in [9.17, 15) is 8.42 Å². The first kappa shape index (κ1) is 16.8. The van der Waals surface area contributed by atoms with E-state index < -0.39 is 14.6 Å². The summed E-state index contributed by atoms with van der Waals surface area (Å²) in [7, 11) is -3.32. The lowest BCUT2D eigenvalue weighted by Gasteiger charge is -2.26. The second kappa shape index (κ2) is 5.88. The molecule has 2 aromatic rings. The highest BCUT2D eigenvalue weighted by Gasteiger charge is 2.36. The van der Waals surface area contributed by atoms with Crippen LogP contribution in [0.1, 0.15) is 41.7 Å². The second-order valence-electron chi connectivity index (χ2n) is 6.51. The van der Waals surface area contributed by atoms with Crippen LogP contribution in [0.15, 0.2) is 42.5 Å². The molecular formula is C19H24O2S. The first-order valence-corrected chi connectivity index (χ1v) is 9.15. The number of rotatable bonds is 4. The van der Waals surface area contributed by atoms with Crippen LogP contribution in [-0.4, -0.2) is 8.42 Å². The Morgan fingerprint density at radius 3 is 1.91 bits per heavy atom. The average molecular weight is 316 g/mol. The van der Waals surface area contributed by atoms with Gasteiger partial charge in [-0.2, -0.15) is 0 Å². The molecule has 0 radical (unpaired) electrons. The van der Waals surface area contributed by atoms with Gasteiger partial charge in [-0.25, -0.2) is 8.42 Å². The number of benzene rings is 2. The molecule has 2 aromatic carbocycles. The van der Waals surface area contributed by atoms with E-state index in [1.54, 1.807) is 13.8 Å². The molecule has 2 rings (SSSR count). The van der Waals surface area contributed by atoms with Gasteiger partial charge in [-0.05, 0) is 56.9 Å². The predicted octanol–water partition coefficient (Wildman–Crippen LogP) is 4.46. The summed E-state index contributed by atoms with van der Waals surface area (Å²) < 4.78 is 25.1. The maximum atomic E-state index is 13.0. The summed E-state index contributed by atoms with van der Waals surface area (Å²) in [6.45, 7) is 9.58. The minimum Gasteiger partial charge on any atom is -0.228 e. The highest BCUT2D eigenvalue weighted by molar-refractivity contribution is 7.91. The van der Waals surface area contributed by atoms with Crippen LogP contribution in [-0.2, 0) is 20.3 Å². The Kier molecular flexibility index (Phi) is 4.48. The third kappa shape index (κ3) is 3.09. The molecule has 0 N–H and O–H groups in total. The van der Waals surface area contributed by atoms with Crippen LogP contribution in [0.5, 0.6) is 0 Å².